The van der Waals surface area contributed by atoms with Gasteiger partial charge in [0.2, 0.25) is 5.91 Å². The molecule has 184 valence electrons. The predicted octanol–water partition coefficient (Wildman–Crippen LogP) is 3.79. The summed E-state index contributed by atoms with van der Waals surface area (Å²) in [4.78, 5) is 30.5. The van der Waals surface area contributed by atoms with Crippen molar-refractivity contribution in [3.63, 3.8) is 0 Å². The lowest BCUT2D eigenvalue weighted by Crippen LogP contribution is -2.45. The maximum Gasteiger partial charge on any atom is 0.417 e. The Balaban J connectivity index is 1.35. The summed E-state index contributed by atoms with van der Waals surface area (Å²) in [7, 11) is 0. The molecule has 0 unspecified atom stereocenters. The highest BCUT2D eigenvalue weighted by atomic mass is 19.4. The molecule has 0 saturated carbocycles. The van der Waals surface area contributed by atoms with Crippen LogP contribution in [0.25, 0.3) is 0 Å². The number of carbonyl (C=O) groups is 2. The molecule has 2 aromatic rings. The number of anilines is 1. The quantitative estimate of drug-likeness (QED) is 0.536. The Morgan fingerprint density at radius 2 is 1.88 bits per heavy atom. The Morgan fingerprint density at radius 1 is 1.15 bits per heavy atom. The Hall–Kier alpha value is -3.30. The van der Waals surface area contributed by atoms with Crippen LogP contribution in [0.5, 0.6) is 5.75 Å². The number of pyridine rings is 1. The number of piperidine rings is 1. The number of nitrogens with one attached hydrogen (secondary N) is 2. The van der Waals surface area contributed by atoms with Gasteiger partial charge in [-0.2, -0.15) is 13.2 Å². The number of hydrogen-bond acceptors (Lipinski definition) is 5. The molecule has 1 aliphatic heterocycles. The second kappa shape index (κ2) is 11.7. The average Bonchev–Trinajstić information content (AvgIpc) is 2.82. The molecular weight excluding hydrogens is 449 g/mol. The van der Waals surface area contributed by atoms with E-state index in [1.807, 2.05) is 11.8 Å². The van der Waals surface area contributed by atoms with Gasteiger partial charge in [-0.15, -0.1) is 0 Å². The first-order valence-corrected chi connectivity index (χ1v) is 11.4. The van der Waals surface area contributed by atoms with Crippen LogP contribution in [0.4, 0.5) is 19.0 Å². The van der Waals surface area contributed by atoms with Crippen molar-refractivity contribution >= 4 is 17.6 Å². The second-order valence-electron chi connectivity index (χ2n) is 8.02. The summed E-state index contributed by atoms with van der Waals surface area (Å²) in [5.41, 5.74) is -0.309. The van der Waals surface area contributed by atoms with Crippen molar-refractivity contribution in [1.29, 1.82) is 0 Å². The van der Waals surface area contributed by atoms with E-state index in [4.69, 9.17) is 4.74 Å². The van der Waals surface area contributed by atoms with E-state index in [-0.39, 0.29) is 24.3 Å². The number of rotatable bonds is 9. The first-order chi connectivity index (χ1) is 16.3. The van der Waals surface area contributed by atoms with Gasteiger partial charge >= 0.3 is 6.18 Å². The zero-order chi connectivity index (χ0) is 24.6. The normalized spacial score (nSPS) is 14.5. The van der Waals surface area contributed by atoms with Crippen molar-refractivity contribution in [2.45, 2.75) is 44.8 Å². The van der Waals surface area contributed by atoms with Crippen molar-refractivity contribution in [3.05, 3.63) is 53.7 Å². The van der Waals surface area contributed by atoms with E-state index in [1.54, 1.807) is 24.3 Å². The standard InChI is InChI=1S/C24H29F3N4O3/c1-2-34-20-7-4-3-6-19(20)23(33)28-13-5-8-22(32)30-18-11-14-31(15-12-18)21-10-9-17(16-29-21)24(25,26)27/h3-4,6-7,9-10,16,18H,2,5,8,11-15H2,1H3,(H,28,33)(H,30,32). The average molecular weight is 479 g/mol. The Bertz CT molecular complexity index is 959. The number of aromatic nitrogens is 1. The lowest BCUT2D eigenvalue weighted by Gasteiger charge is -2.33. The predicted molar refractivity (Wildman–Crippen MR) is 122 cm³/mol. The fourth-order valence-electron chi connectivity index (χ4n) is 3.78. The van der Waals surface area contributed by atoms with E-state index in [9.17, 15) is 22.8 Å². The third-order valence-corrected chi connectivity index (χ3v) is 5.56. The molecule has 1 fully saturated rings. The van der Waals surface area contributed by atoms with Crippen LogP contribution >= 0.6 is 0 Å². The van der Waals surface area contributed by atoms with Crippen LogP contribution < -0.4 is 20.3 Å². The first kappa shape index (κ1) is 25.3. The number of ether oxygens (including phenoxy) is 1. The number of para-hydroxylation sites is 1. The molecule has 1 aliphatic rings. The number of nitrogens with zero attached hydrogens (tertiary/aromatic N) is 2. The maximum atomic E-state index is 12.7. The van der Waals surface area contributed by atoms with Gasteiger partial charge in [0.25, 0.3) is 5.91 Å². The summed E-state index contributed by atoms with van der Waals surface area (Å²) in [6.45, 7) is 3.87. The van der Waals surface area contributed by atoms with Gasteiger partial charge in [0, 0.05) is 38.3 Å². The molecule has 0 spiro atoms. The van der Waals surface area contributed by atoms with Crippen molar-refractivity contribution in [2.75, 3.05) is 31.1 Å². The van der Waals surface area contributed by atoms with Crippen molar-refractivity contribution in [3.8, 4) is 5.75 Å². The van der Waals surface area contributed by atoms with Gasteiger partial charge in [0.05, 0.1) is 17.7 Å². The number of benzene rings is 1. The van der Waals surface area contributed by atoms with Gasteiger partial charge in [0.15, 0.2) is 0 Å². The molecular formula is C24H29F3N4O3. The van der Waals surface area contributed by atoms with Crippen molar-refractivity contribution < 1.29 is 27.5 Å². The third kappa shape index (κ3) is 7.10. The van der Waals surface area contributed by atoms with E-state index < -0.39 is 11.7 Å². The first-order valence-electron chi connectivity index (χ1n) is 11.4. The molecule has 1 saturated heterocycles. The van der Waals surface area contributed by atoms with E-state index in [2.05, 4.69) is 15.6 Å². The summed E-state index contributed by atoms with van der Waals surface area (Å²) >= 11 is 0. The van der Waals surface area contributed by atoms with E-state index in [1.165, 1.54) is 6.07 Å². The summed E-state index contributed by atoms with van der Waals surface area (Å²) in [5.74, 6) is 0.696. The van der Waals surface area contributed by atoms with Crippen molar-refractivity contribution in [1.82, 2.24) is 15.6 Å². The Labute approximate surface area is 196 Å². The SMILES string of the molecule is CCOc1ccccc1C(=O)NCCCC(=O)NC1CCN(c2ccc(C(F)(F)F)cn2)CC1. The van der Waals surface area contributed by atoms with E-state index in [0.29, 0.717) is 62.6 Å². The number of hydrogen-bond donors (Lipinski definition) is 2. The van der Waals surface area contributed by atoms with Gasteiger partial charge in [-0.3, -0.25) is 9.59 Å². The third-order valence-electron chi connectivity index (χ3n) is 5.56. The highest BCUT2D eigenvalue weighted by Gasteiger charge is 2.31. The fourth-order valence-corrected chi connectivity index (χ4v) is 3.78. The maximum absolute atomic E-state index is 12.7. The largest absolute Gasteiger partial charge is 0.493 e. The molecule has 2 heterocycles. The summed E-state index contributed by atoms with van der Waals surface area (Å²) in [6.07, 6.45) is -1.41. The Morgan fingerprint density at radius 3 is 2.53 bits per heavy atom. The number of alkyl halides is 3. The van der Waals surface area contributed by atoms with Gasteiger partial charge in [-0.05, 0) is 50.5 Å². The molecule has 0 aliphatic carbocycles. The number of halogens is 3. The fraction of sp³-hybridized carbons (Fsp3) is 0.458. The summed E-state index contributed by atoms with van der Waals surface area (Å²) in [6, 6.07) is 9.42. The molecule has 10 heteroatoms. The molecule has 2 N–H and O–H groups in total. The van der Waals surface area contributed by atoms with Gasteiger partial charge in [-0.25, -0.2) is 4.98 Å². The monoisotopic (exact) mass is 478 g/mol. The minimum Gasteiger partial charge on any atom is -0.493 e. The number of amides is 2. The molecule has 0 radical (unpaired) electrons. The van der Waals surface area contributed by atoms with Gasteiger partial charge in [-0.1, -0.05) is 12.1 Å². The lowest BCUT2D eigenvalue weighted by molar-refractivity contribution is -0.137. The van der Waals surface area contributed by atoms with Crippen LogP contribution in [0, 0.1) is 0 Å². The topological polar surface area (TPSA) is 83.6 Å². The van der Waals surface area contributed by atoms with Crippen LogP contribution in [0.1, 0.15) is 48.5 Å². The summed E-state index contributed by atoms with van der Waals surface area (Å²) in [5, 5.41) is 5.81. The van der Waals surface area contributed by atoms with Crippen LogP contribution in [-0.4, -0.2) is 49.1 Å². The molecule has 0 atom stereocenters. The zero-order valence-electron chi connectivity index (χ0n) is 19.0. The molecule has 7 nitrogen and oxygen atoms in total. The molecule has 2 amide bonds. The molecule has 34 heavy (non-hydrogen) atoms. The number of carbonyl (C=O) groups excluding carboxylic acids is 2. The van der Waals surface area contributed by atoms with Crippen LogP contribution in [0.3, 0.4) is 0 Å². The minimum atomic E-state index is -4.40. The van der Waals surface area contributed by atoms with E-state index >= 15 is 0 Å². The molecule has 1 aromatic heterocycles. The Kier molecular flexibility index (Phi) is 8.72. The van der Waals surface area contributed by atoms with Crippen molar-refractivity contribution in [2.24, 2.45) is 0 Å². The molecule has 1 aromatic carbocycles. The minimum absolute atomic E-state index is 0.00543. The van der Waals surface area contributed by atoms with E-state index in [0.717, 1.165) is 12.3 Å². The lowest BCUT2D eigenvalue weighted by atomic mass is 10.0. The van der Waals surface area contributed by atoms with Crippen LogP contribution in [0.2, 0.25) is 0 Å². The molecule has 0 bridgehead atoms. The van der Waals surface area contributed by atoms with Gasteiger partial charge < -0.3 is 20.3 Å². The molecule has 3 rings (SSSR count). The second-order valence-corrected chi connectivity index (χ2v) is 8.02. The highest BCUT2D eigenvalue weighted by molar-refractivity contribution is 5.96. The zero-order valence-corrected chi connectivity index (χ0v) is 19.0. The van der Waals surface area contributed by atoms with Gasteiger partial charge in [0.1, 0.15) is 11.6 Å². The van der Waals surface area contributed by atoms with Crippen LogP contribution in [0.15, 0.2) is 42.6 Å². The summed E-state index contributed by atoms with van der Waals surface area (Å²) < 4.78 is 43.5. The highest BCUT2D eigenvalue weighted by Crippen LogP contribution is 2.29. The van der Waals surface area contributed by atoms with Crippen LogP contribution in [-0.2, 0) is 11.0 Å². The smallest absolute Gasteiger partial charge is 0.417 e.